The molecule has 0 aromatic heterocycles. The number of rotatable bonds is 9. The van der Waals surface area contributed by atoms with Crippen molar-refractivity contribution in [1.82, 2.24) is 4.90 Å². The maximum absolute atomic E-state index is 14.6. The van der Waals surface area contributed by atoms with Crippen LogP contribution in [0, 0.1) is 29.6 Å². The first kappa shape index (κ1) is 42.6. The standard InChI is InChI=1S/C41H63NO9S/c1-12-32-41(8)33(30(22-48-41)23-52-19-18-29-16-14-13-15-17-29)26(4)34(43)24(2)21-40(7,47-11)37(27(5)35(44)28(6)38(46)50-32)51-39-36(45)31(42(9)10)20-25(3)49-39/h13-17,23-28,31-33,36-37,39,45H,12,18-22H2,1-11H3/b30-23+/t24?,25-,26?,27+,28?,31+,32-,33-,36-,37-,39+,40-,41-/m1/s1. The van der Waals surface area contributed by atoms with Crippen LogP contribution in [0.5, 0.6) is 0 Å². The number of thioether (sulfide) groups is 1. The van der Waals surface area contributed by atoms with E-state index in [9.17, 15) is 19.5 Å². The van der Waals surface area contributed by atoms with Gasteiger partial charge in [-0.3, -0.25) is 14.4 Å². The van der Waals surface area contributed by atoms with Crippen LogP contribution in [-0.4, -0.2) is 109 Å². The van der Waals surface area contributed by atoms with E-state index in [1.165, 1.54) is 5.56 Å². The molecule has 3 heterocycles. The van der Waals surface area contributed by atoms with Crippen molar-refractivity contribution < 1.29 is 43.2 Å². The smallest absolute Gasteiger partial charge is 0.316 e. The average Bonchev–Trinajstić information content (AvgIpc) is 3.46. The number of cyclic esters (lactones) is 1. The van der Waals surface area contributed by atoms with E-state index in [0.717, 1.165) is 17.7 Å². The predicted molar refractivity (Wildman–Crippen MR) is 203 cm³/mol. The van der Waals surface area contributed by atoms with Crippen molar-refractivity contribution in [2.45, 2.75) is 129 Å². The predicted octanol–water partition coefficient (Wildman–Crippen LogP) is 5.88. The first-order chi connectivity index (χ1) is 24.5. The number of ketones is 2. The highest BCUT2D eigenvalue weighted by Crippen LogP contribution is 2.47. The zero-order valence-corrected chi connectivity index (χ0v) is 33.9. The number of esters is 1. The van der Waals surface area contributed by atoms with Gasteiger partial charge < -0.3 is 33.7 Å². The Morgan fingerprint density at radius 1 is 1.02 bits per heavy atom. The molecule has 0 amide bonds. The van der Waals surface area contributed by atoms with Crippen molar-refractivity contribution in [3.05, 3.63) is 46.9 Å². The summed E-state index contributed by atoms with van der Waals surface area (Å²) in [5.74, 6) is -3.51. The molecule has 10 nitrogen and oxygen atoms in total. The lowest BCUT2D eigenvalue weighted by Gasteiger charge is -2.47. The fourth-order valence-corrected chi connectivity index (χ4v) is 9.63. The number of carbonyl (C=O) groups is 3. The fourth-order valence-electron chi connectivity index (χ4n) is 8.73. The van der Waals surface area contributed by atoms with Gasteiger partial charge in [0.1, 0.15) is 29.5 Å². The molecule has 3 saturated heterocycles. The number of likely N-dealkylation sites (N-methyl/N-ethyl adjacent to an activating group) is 1. The fraction of sp³-hybridized carbons (Fsp3) is 0.732. The lowest BCUT2D eigenvalue weighted by Crippen LogP contribution is -2.59. The Balaban J connectivity index is 1.72. The molecule has 13 atom stereocenters. The number of fused-ring (bicyclic) bond motifs is 1. The largest absolute Gasteiger partial charge is 0.459 e. The first-order valence-electron chi connectivity index (χ1n) is 19.0. The number of hydrogen-bond donors (Lipinski definition) is 1. The van der Waals surface area contributed by atoms with Gasteiger partial charge in [0.2, 0.25) is 0 Å². The van der Waals surface area contributed by atoms with Gasteiger partial charge in [0.05, 0.1) is 24.4 Å². The second kappa shape index (κ2) is 18.0. The Labute approximate surface area is 315 Å². The molecule has 52 heavy (non-hydrogen) atoms. The van der Waals surface area contributed by atoms with Gasteiger partial charge in [-0.15, -0.1) is 11.8 Å². The third-order valence-corrected chi connectivity index (χ3v) is 12.8. The van der Waals surface area contributed by atoms with Crippen LogP contribution in [0.3, 0.4) is 0 Å². The van der Waals surface area contributed by atoms with E-state index in [2.05, 4.69) is 17.5 Å². The first-order valence-corrected chi connectivity index (χ1v) is 20.0. The van der Waals surface area contributed by atoms with E-state index in [0.29, 0.717) is 19.4 Å². The summed E-state index contributed by atoms with van der Waals surface area (Å²) in [7, 11) is 5.33. The van der Waals surface area contributed by atoms with E-state index in [1.807, 2.05) is 78.7 Å². The summed E-state index contributed by atoms with van der Waals surface area (Å²) in [6, 6.07) is 10.1. The van der Waals surface area contributed by atoms with Crippen LogP contribution in [0.15, 0.2) is 41.3 Å². The summed E-state index contributed by atoms with van der Waals surface area (Å²) < 4.78 is 31.7. The molecule has 1 N–H and O–H groups in total. The quantitative estimate of drug-likeness (QED) is 0.186. The summed E-state index contributed by atoms with van der Waals surface area (Å²) in [6.07, 6.45) is -1.79. The number of ether oxygens (including phenoxy) is 5. The van der Waals surface area contributed by atoms with Gasteiger partial charge in [0, 0.05) is 42.6 Å². The Hall–Kier alpha value is -2.12. The molecule has 0 bridgehead atoms. The molecule has 0 aliphatic carbocycles. The SMILES string of the molecule is CC[C@H]1OC(=O)C(C)C(=O)[C@H](C)[C@@H](O[C@@H]2O[C@H](C)C[C@H](N(C)C)[C@H]2O)[C@](C)(OC)CC(C)C(=O)C(C)[C@@H]2/C(=C/SCCc3ccccc3)CO[C@]12C. The van der Waals surface area contributed by atoms with Crippen LogP contribution in [-0.2, 0) is 44.5 Å². The van der Waals surface area contributed by atoms with Crippen molar-refractivity contribution in [2.24, 2.45) is 29.6 Å². The zero-order chi connectivity index (χ0) is 38.5. The Morgan fingerprint density at radius 2 is 1.69 bits per heavy atom. The van der Waals surface area contributed by atoms with Gasteiger partial charge in [0.15, 0.2) is 12.1 Å². The molecule has 11 heteroatoms. The van der Waals surface area contributed by atoms with E-state index in [4.69, 9.17) is 23.7 Å². The highest BCUT2D eigenvalue weighted by molar-refractivity contribution is 8.02. The number of aryl methyl sites for hydroxylation is 1. The normalized spacial score (nSPS) is 40.4. The molecule has 292 valence electrons. The molecule has 1 aromatic rings. The zero-order valence-electron chi connectivity index (χ0n) is 33.1. The number of Topliss-reactive ketones (excluding diaryl/α,β-unsaturated/α-hetero) is 2. The van der Waals surface area contributed by atoms with Crippen molar-refractivity contribution in [1.29, 1.82) is 0 Å². The van der Waals surface area contributed by atoms with Crippen LogP contribution in [0.2, 0.25) is 0 Å². The van der Waals surface area contributed by atoms with Gasteiger partial charge in [-0.25, -0.2) is 0 Å². The number of methoxy groups -OCH3 is 1. The number of carbonyl (C=O) groups excluding carboxylic acids is 3. The molecule has 0 spiro atoms. The highest BCUT2D eigenvalue weighted by Gasteiger charge is 2.56. The number of nitrogens with zero attached hydrogens (tertiary/aromatic N) is 1. The topological polar surface area (TPSA) is 121 Å². The summed E-state index contributed by atoms with van der Waals surface area (Å²) in [4.78, 5) is 44.7. The molecule has 3 aliphatic rings. The van der Waals surface area contributed by atoms with Gasteiger partial charge >= 0.3 is 5.97 Å². The summed E-state index contributed by atoms with van der Waals surface area (Å²) >= 11 is 1.69. The molecule has 0 radical (unpaired) electrons. The van der Waals surface area contributed by atoms with Crippen LogP contribution >= 0.6 is 11.8 Å². The number of aliphatic hydroxyl groups excluding tert-OH is 1. The van der Waals surface area contributed by atoms with Crippen molar-refractivity contribution in [3.63, 3.8) is 0 Å². The Bertz CT molecular complexity index is 1410. The average molecular weight is 746 g/mol. The molecular formula is C41H63NO9S. The second-order valence-corrected chi connectivity index (χ2v) is 16.9. The van der Waals surface area contributed by atoms with E-state index in [1.54, 1.807) is 32.7 Å². The number of hydrogen-bond acceptors (Lipinski definition) is 11. The second-order valence-electron chi connectivity index (χ2n) is 15.9. The molecule has 3 aliphatic heterocycles. The summed E-state index contributed by atoms with van der Waals surface area (Å²) in [5, 5.41) is 13.5. The lowest BCUT2D eigenvalue weighted by atomic mass is 9.69. The van der Waals surface area contributed by atoms with Crippen LogP contribution < -0.4 is 0 Å². The van der Waals surface area contributed by atoms with Gasteiger partial charge in [0.25, 0.3) is 0 Å². The Kier molecular flexibility index (Phi) is 14.8. The van der Waals surface area contributed by atoms with Gasteiger partial charge in [-0.2, -0.15) is 0 Å². The third-order valence-electron chi connectivity index (χ3n) is 11.9. The number of benzene rings is 1. The van der Waals surface area contributed by atoms with Crippen molar-refractivity contribution in [3.8, 4) is 0 Å². The maximum Gasteiger partial charge on any atom is 0.316 e. The highest BCUT2D eigenvalue weighted by atomic mass is 32.2. The maximum atomic E-state index is 14.6. The lowest BCUT2D eigenvalue weighted by molar-refractivity contribution is -0.295. The minimum absolute atomic E-state index is 0.0183. The van der Waals surface area contributed by atoms with Crippen LogP contribution in [0.1, 0.15) is 80.2 Å². The van der Waals surface area contributed by atoms with E-state index < -0.39 is 65.4 Å². The molecule has 4 rings (SSSR count). The summed E-state index contributed by atoms with van der Waals surface area (Å²) in [6.45, 7) is 15.0. The van der Waals surface area contributed by atoms with Crippen molar-refractivity contribution >= 4 is 29.3 Å². The summed E-state index contributed by atoms with van der Waals surface area (Å²) in [5.41, 5.74) is 0.0833. The van der Waals surface area contributed by atoms with Gasteiger partial charge in [-0.1, -0.05) is 58.0 Å². The molecular weight excluding hydrogens is 683 g/mol. The minimum atomic E-state index is -1.18. The molecule has 3 unspecified atom stereocenters. The van der Waals surface area contributed by atoms with Crippen LogP contribution in [0.4, 0.5) is 0 Å². The number of aliphatic hydroxyl groups is 1. The van der Waals surface area contributed by atoms with E-state index >= 15 is 0 Å². The molecule has 1 aromatic carbocycles. The van der Waals surface area contributed by atoms with Crippen molar-refractivity contribution in [2.75, 3.05) is 33.6 Å². The van der Waals surface area contributed by atoms with Gasteiger partial charge in [-0.05, 0) is 84.0 Å². The molecule has 3 fully saturated rings. The third kappa shape index (κ3) is 9.21. The monoisotopic (exact) mass is 745 g/mol. The molecule has 0 saturated carbocycles. The minimum Gasteiger partial charge on any atom is -0.459 e. The van der Waals surface area contributed by atoms with Crippen LogP contribution in [0.25, 0.3) is 0 Å². The Morgan fingerprint density at radius 3 is 2.31 bits per heavy atom. The van der Waals surface area contributed by atoms with E-state index in [-0.39, 0.29) is 36.1 Å².